The van der Waals surface area contributed by atoms with Crippen molar-refractivity contribution in [2.75, 3.05) is 7.05 Å². The van der Waals surface area contributed by atoms with E-state index in [1.165, 1.54) is 4.31 Å². The van der Waals surface area contributed by atoms with Crippen molar-refractivity contribution in [3.05, 3.63) is 35.4 Å². The molecule has 0 unspecified atom stereocenters. The van der Waals surface area contributed by atoms with Crippen molar-refractivity contribution in [2.24, 2.45) is 0 Å². The molecule has 1 aliphatic rings. The second-order valence-corrected chi connectivity index (χ2v) is 6.46. The summed E-state index contributed by atoms with van der Waals surface area (Å²) in [6.45, 7) is 1.95. The molecule has 0 saturated heterocycles. The number of benzene rings is 1. The Hall–Kier alpha value is -0.870. The Balaban J connectivity index is 2.17. The van der Waals surface area contributed by atoms with Gasteiger partial charge in [-0.1, -0.05) is 24.3 Å². The molecule has 0 aromatic heterocycles. The first-order valence-electron chi connectivity index (χ1n) is 5.51. The lowest BCUT2D eigenvalue weighted by molar-refractivity contribution is 0.463. The normalized spacial score (nSPS) is 16.7. The van der Waals surface area contributed by atoms with Gasteiger partial charge in [-0.2, -0.15) is 0 Å². The van der Waals surface area contributed by atoms with Gasteiger partial charge in [-0.3, -0.25) is 0 Å². The minimum absolute atomic E-state index is 0.118. The van der Waals surface area contributed by atoms with Crippen molar-refractivity contribution in [2.45, 2.75) is 31.6 Å². The van der Waals surface area contributed by atoms with Gasteiger partial charge in [0.2, 0.25) is 10.0 Å². The fraction of sp³-hybridized carbons (Fsp3) is 0.500. The maximum absolute atomic E-state index is 12.1. The molecule has 16 heavy (non-hydrogen) atoms. The van der Waals surface area contributed by atoms with E-state index in [0.717, 1.165) is 24.0 Å². The molecule has 3 nitrogen and oxygen atoms in total. The third kappa shape index (κ3) is 2.44. The summed E-state index contributed by atoms with van der Waals surface area (Å²) in [5.41, 5.74) is 1.94. The highest BCUT2D eigenvalue weighted by molar-refractivity contribution is 7.88. The van der Waals surface area contributed by atoms with Gasteiger partial charge >= 0.3 is 0 Å². The fourth-order valence-corrected chi connectivity index (χ4v) is 3.32. The van der Waals surface area contributed by atoms with Crippen LogP contribution >= 0.6 is 0 Å². The number of hydrogen-bond donors (Lipinski definition) is 0. The van der Waals surface area contributed by atoms with Gasteiger partial charge in [-0.15, -0.1) is 0 Å². The standard InChI is InChI=1S/C12H17NO2S/c1-10-5-3-4-6-11(10)9-16(14,15)13(2)12-7-8-12/h3-6,12H,7-9H2,1-2H3. The number of sulfonamides is 1. The highest BCUT2D eigenvalue weighted by Gasteiger charge is 2.34. The van der Waals surface area contributed by atoms with E-state index in [4.69, 9.17) is 0 Å². The van der Waals surface area contributed by atoms with Crippen LogP contribution in [0.1, 0.15) is 24.0 Å². The number of aryl methyl sites for hydroxylation is 1. The fourth-order valence-electron chi connectivity index (χ4n) is 1.74. The van der Waals surface area contributed by atoms with Crippen LogP contribution in [0, 0.1) is 6.92 Å². The SMILES string of the molecule is Cc1ccccc1CS(=O)(=O)N(C)C1CC1. The van der Waals surface area contributed by atoms with Crippen molar-refractivity contribution in [3.63, 3.8) is 0 Å². The van der Waals surface area contributed by atoms with Crippen LogP contribution in [0.15, 0.2) is 24.3 Å². The molecule has 0 bridgehead atoms. The van der Waals surface area contributed by atoms with Crippen LogP contribution in [0.5, 0.6) is 0 Å². The topological polar surface area (TPSA) is 37.4 Å². The van der Waals surface area contributed by atoms with Crippen LogP contribution in [0.25, 0.3) is 0 Å². The van der Waals surface area contributed by atoms with Gasteiger partial charge in [-0.05, 0) is 30.9 Å². The Kier molecular flexibility index (Phi) is 3.04. The summed E-state index contributed by atoms with van der Waals surface area (Å²) < 4.78 is 25.6. The zero-order valence-corrected chi connectivity index (χ0v) is 10.5. The molecule has 1 fully saturated rings. The molecule has 1 aromatic carbocycles. The molecular weight excluding hydrogens is 222 g/mol. The van der Waals surface area contributed by atoms with E-state index >= 15 is 0 Å². The maximum atomic E-state index is 12.1. The summed E-state index contributed by atoms with van der Waals surface area (Å²) in [6.07, 6.45) is 2.01. The Morgan fingerprint density at radius 2 is 1.94 bits per heavy atom. The molecule has 0 spiro atoms. The van der Waals surface area contributed by atoms with Crippen LogP contribution in [0.2, 0.25) is 0 Å². The van der Waals surface area contributed by atoms with Gasteiger partial charge < -0.3 is 0 Å². The summed E-state index contributed by atoms with van der Waals surface area (Å²) in [6, 6.07) is 7.88. The third-order valence-electron chi connectivity index (χ3n) is 3.10. The van der Waals surface area contributed by atoms with Crippen LogP contribution < -0.4 is 0 Å². The molecule has 0 heterocycles. The van der Waals surface area contributed by atoms with Crippen LogP contribution in [0.4, 0.5) is 0 Å². The Morgan fingerprint density at radius 1 is 1.31 bits per heavy atom. The van der Waals surface area contributed by atoms with Gasteiger partial charge in [0, 0.05) is 13.1 Å². The van der Waals surface area contributed by atoms with Crippen molar-refractivity contribution in [1.29, 1.82) is 0 Å². The Bertz CT molecular complexity index is 478. The molecule has 0 N–H and O–H groups in total. The Morgan fingerprint density at radius 3 is 2.50 bits per heavy atom. The molecule has 1 aromatic rings. The number of nitrogens with zero attached hydrogens (tertiary/aromatic N) is 1. The summed E-state index contributed by atoms with van der Waals surface area (Å²) in [4.78, 5) is 0. The van der Waals surface area contributed by atoms with E-state index in [1.54, 1.807) is 7.05 Å². The van der Waals surface area contributed by atoms with E-state index in [9.17, 15) is 8.42 Å². The van der Waals surface area contributed by atoms with E-state index < -0.39 is 10.0 Å². The quantitative estimate of drug-likeness (QED) is 0.805. The molecule has 2 rings (SSSR count). The van der Waals surface area contributed by atoms with Gasteiger partial charge in [0.05, 0.1) is 5.75 Å². The molecule has 0 aliphatic heterocycles. The van der Waals surface area contributed by atoms with E-state index in [2.05, 4.69) is 0 Å². The smallest absolute Gasteiger partial charge is 0.212 e. The molecule has 0 amide bonds. The molecule has 88 valence electrons. The predicted molar refractivity (Wildman–Crippen MR) is 64.6 cm³/mol. The van der Waals surface area contributed by atoms with E-state index in [1.807, 2.05) is 31.2 Å². The zero-order chi connectivity index (χ0) is 11.8. The van der Waals surface area contributed by atoms with Crippen molar-refractivity contribution in [3.8, 4) is 0 Å². The third-order valence-corrected chi connectivity index (χ3v) is 4.95. The van der Waals surface area contributed by atoms with Crippen molar-refractivity contribution in [1.82, 2.24) is 4.31 Å². The lowest BCUT2D eigenvalue weighted by Gasteiger charge is -2.17. The predicted octanol–water partition coefficient (Wildman–Crippen LogP) is 1.92. The summed E-state index contributed by atoms with van der Waals surface area (Å²) in [5.74, 6) is 0.118. The molecule has 0 atom stereocenters. The monoisotopic (exact) mass is 239 g/mol. The van der Waals surface area contributed by atoms with Crippen molar-refractivity contribution >= 4 is 10.0 Å². The lowest BCUT2D eigenvalue weighted by Crippen LogP contribution is -2.30. The highest BCUT2D eigenvalue weighted by atomic mass is 32.2. The molecule has 4 heteroatoms. The second kappa shape index (κ2) is 4.18. The molecule has 0 radical (unpaired) electrons. The molecular formula is C12H17NO2S. The summed E-state index contributed by atoms with van der Waals surface area (Å²) in [7, 11) is -1.45. The average Bonchev–Trinajstić information content (AvgIpc) is 3.03. The van der Waals surface area contributed by atoms with Crippen LogP contribution in [-0.2, 0) is 15.8 Å². The van der Waals surface area contributed by atoms with Gasteiger partial charge in [-0.25, -0.2) is 12.7 Å². The lowest BCUT2D eigenvalue weighted by atomic mass is 10.1. The van der Waals surface area contributed by atoms with E-state index in [0.29, 0.717) is 0 Å². The van der Waals surface area contributed by atoms with Crippen molar-refractivity contribution < 1.29 is 8.42 Å². The number of rotatable bonds is 4. The van der Waals surface area contributed by atoms with E-state index in [-0.39, 0.29) is 11.8 Å². The zero-order valence-electron chi connectivity index (χ0n) is 9.68. The van der Waals surface area contributed by atoms with Gasteiger partial charge in [0.25, 0.3) is 0 Å². The average molecular weight is 239 g/mol. The summed E-state index contributed by atoms with van der Waals surface area (Å²) in [5, 5.41) is 0. The number of hydrogen-bond acceptors (Lipinski definition) is 2. The van der Waals surface area contributed by atoms with Crippen LogP contribution in [0.3, 0.4) is 0 Å². The largest absolute Gasteiger partial charge is 0.218 e. The second-order valence-electron chi connectivity index (χ2n) is 4.43. The van der Waals surface area contributed by atoms with Gasteiger partial charge in [0.15, 0.2) is 0 Å². The highest BCUT2D eigenvalue weighted by Crippen LogP contribution is 2.29. The minimum Gasteiger partial charge on any atom is -0.212 e. The first-order chi connectivity index (χ1) is 7.50. The van der Waals surface area contributed by atoms with Gasteiger partial charge in [0.1, 0.15) is 0 Å². The van der Waals surface area contributed by atoms with Crippen LogP contribution in [-0.4, -0.2) is 25.8 Å². The first-order valence-corrected chi connectivity index (χ1v) is 7.12. The maximum Gasteiger partial charge on any atom is 0.218 e. The molecule has 1 saturated carbocycles. The summed E-state index contributed by atoms with van der Waals surface area (Å²) >= 11 is 0. The first kappa shape index (κ1) is 11.6. The minimum atomic E-state index is -3.14. The molecule has 1 aliphatic carbocycles. The Labute approximate surface area is 97.1 Å².